The summed E-state index contributed by atoms with van der Waals surface area (Å²) in [5, 5.41) is 31.7. The van der Waals surface area contributed by atoms with Crippen molar-refractivity contribution in [1.82, 2.24) is 0 Å². The highest BCUT2D eigenvalue weighted by Crippen LogP contribution is 2.49. The Hall–Kier alpha value is -3.71. The Bertz CT molecular complexity index is 1340. The van der Waals surface area contributed by atoms with Crippen LogP contribution in [0.3, 0.4) is 0 Å². The average molecular weight is 450 g/mol. The van der Waals surface area contributed by atoms with E-state index in [0.29, 0.717) is 28.0 Å². The highest BCUT2D eigenvalue weighted by molar-refractivity contribution is 6.02. The van der Waals surface area contributed by atoms with E-state index in [4.69, 9.17) is 13.9 Å². The highest BCUT2D eigenvalue weighted by atomic mass is 16.5. The summed E-state index contributed by atoms with van der Waals surface area (Å²) in [5.41, 5.74) is 0.584. The maximum absolute atomic E-state index is 13.0. The van der Waals surface area contributed by atoms with Gasteiger partial charge in [-0.2, -0.15) is 0 Å². The molecule has 0 radical (unpaired) electrons. The summed E-state index contributed by atoms with van der Waals surface area (Å²) in [6, 6.07) is 5.84. The second-order valence-electron chi connectivity index (χ2n) is 8.72. The quantitative estimate of drug-likeness (QED) is 0.387. The van der Waals surface area contributed by atoms with Crippen molar-refractivity contribution >= 4 is 17.0 Å². The molecule has 172 valence electrons. The van der Waals surface area contributed by atoms with E-state index in [9.17, 15) is 20.1 Å². The van der Waals surface area contributed by atoms with Gasteiger partial charge in [-0.1, -0.05) is 24.3 Å². The molecule has 7 heteroatoms. The molecule has 2 aromatic carbocycles. The minimum absolute atomic E-state index is 0.0241. The number of aliphatic hydroxyl groups is 1. The molecule has 0 bridgehead atoms. The molecule has 0 saturated carbocycles. The lowest BCUT2D eigenvalue weighted by Crippen LogP contribution is -2.29. The first kappa shape index (κ1) is 22.5. The lowest BCUT2D eigenvalue weighted by Gasteiger charge is -2.31. The topological polar surface area (TPSA) is 109 Å². The van der Waals surface area contributed by atoms with Crippen LogP contribution in [0.4, 0.5) is 0 Å². The van der Waals surface area contributed by atoms with Crippen LogP contribution in [0.15, 0.2) is 51.7 Å². The van der Waals surface area contributed by atoms with Crippen LogP contribution in [0.5, 0.6) is 23.0 Å². The molecule has 1 aromatic heterocycles. The first-order valence-electron chi connectivity index (χ1n) is 10.5. The van der Waals surface area contributed by atoms with Gasteiger partial charge in [-0.25, -0.2) is 4.79 Å². The van der Waals surface area contributed by atoms with Crippen LogP contribution in [-0.4, -0.2) is 34.1 Å². The molecule has 0 fully saturated rings. The lowest BCUT2D eigenvalue weighted by molar-refractivity contribution is 0.153. The second-order valence-corrected chi connectivity index (χ2v) is 8.72. The predicted octanol–water partition coefficient (Wildman–Crippen LogP) is 4.54. The molecule has 3 aromatic rings. The Morgan fingerprint density at radius 3 is 2.48 bits per heavy atom. The molecule has 0 aliphatic carbocycles. The zero-order valence-corrected chi connectivity index (χ0v) is 18.9. The van der Waals surface area contributed by atoms with Crippen molar-refractivity contribution in [2.24, 2.45) is 0 Å². The molecular formula is C26H26O7. The summed E-state index contributed by atoms with van der Waals surface area (Å²) in [7, 11) is 1.44. The number of fused-ring (bicyclic) bond motifs is 3. The number of ether oxygens (including phenoxy) is 2. The van der Waals surface area contributed by atoms with Crippen LogP contribution >= 0.6 is 0 Å². The Morgan fingerprint density at radius 1 is 1.21 bits per heavy atom. The van der Waals surface area contributed by atoms with E-state index in [2.05, 4.69) is 6.58 Å². The fourth-order valence-corrected chi connectivity index (χ4v) is 3.95. The van der Waals surface area contributed by atoms with Gasteiger partial charge in [0.1, 0.15) is 39.5 Å². The van der Waals surface area contributed by atoms with Gasteiger partial charge in [-0.05, 0) is 50.6 Å². The zero-order valence-electron chi connectivity index (χ0n) is 18.9. The van der Waals surface area contributed by atoms with Gasteiger partial charge in [0, 0.05) is 12.0 Å². The molecule has 1 atom stereocenters. The van der Waals surface area contributed by atoms with Crippen molar-refractivity contribution in [3.05, 3.63) is 64.0 Å². The van der Waals surface area contributed by atoms with Crippen LogP contribution in [-0.2, 0) is 6.42 Å². The van der Waals surface area contributed by atoms with E-state index in [-0.39, 0.29) is 40.2 Å². The maximum Gasteiger partial charge on any atom is 0.348 e. The third-order valence-electron chi connectivity index (χ3n) is 5.71. The number of phenolic OH excluding ortho intramolecular Hbond substituents is 1. The largest absolute Gasteiger partial charge is 0.508 e. The molecular weight excluding hydrogens is 424 g/mol. The summed E-state index contributed by atoms with van der Waals surface area (Å²) in [4.78, 5) is 13.0. The smallest absolute Gasteiger partial charge is 0.348 e. The summed E-state index contributed by atoms with van der Waals surface area (Å²) >= 11 is 0. The number of methoxy groups -OCH3 is 1. The number of aromatic hydroxyl groups is 2. The van der Waals surface area contributed by atoms with Crippen molar-refractivity contribution < 1.29 is 29.2 Å². The van der Waals surface area contributed by atoms with Crippen molar-refractivity contribution in [3.63, 3.8) is 0 Å². The summed E-state index contributed by atoms with van der Waals surface area (Å²) in [5.74, 6) is 0.343. The molecule has 3 N–H and O–H groups in total. The van der Waals surface area contributed by atoms with E-state index in [1.54, 1.807) is 13.0 Å². The maximum atomic E-state index is 13.0. The fraction of sp³-hybridized carbons (Fsp3) is 0.269. The standard InChI is InChI=1S/C26H26O7/c1-13(2)18(28)12-17-22-16(10-11-26(3,4)33-22)24-20(23(17)31-5)21(29)19(25(30)32-24)14-6-8-15(27)9-7-14/h6-11,18,27-29H,1,12H2,2-5H3. The van der Waals surface area contributed by atoms with Gasteiger partial charge in [0.2, 0.25) is 0 Å². The molecule has 0 spiro atoms. The zero-order chi connectivity index (χ0) is 24.1. The predicted molar refractivity (Wildman–Crippen MR) is 126 cm³/mol. The van der Waals surface area contributed by atoms with Gasteiger partial charge >= 0.3 is 5.63 Å². The van der Waals surface area contributed by atoms with Gasteiger partial charge in [0.25, 0.3) is 0 Å². The van der Waals surface area contributed by atoms with E-state index >= 15 is 0 Å². The summed E-state index contributed by atoms with van der Waals surface area (Å²) in [6.45, 7) is 9.30. The van der Waals surface area contributed by atoms with Crippen molar-refractivity contribution in [3.8, 4) is 34.1 Å². The van der Waals surface area contributed by atoms with Gasteiger partial charge in [-0.3, -0.25) is 0 Å². The van der Waals surface area contributed by atoms with Gasteiger partial charge in [0.05, 0.1) is 18.8 Å². The molecule has 1 aliphatic rings. The van der Waals surface area contributed by atoms with Gasteiger partial charge in [0.15, 0.2) is 5.58 Å². The Kier molecular flexibility index (Phi) is 5.46. The number of aliphatic hydroxyl groups excluding tert-OH is 1. The number of benzene rings is 2. The first-order valence-corrected chi connectivity index (χ1v) is 10.5. The van der Waals surface area contributed by atoms with Crippen LogP contribution in [0.2, 0.25) is 0 Å². The number of phenols is 1. The van der Waals surface area contributed by atoms with Crippen LogP contribution < -0.4 is 15.1 Å². The normalized spacial score (nSPS) is 15.1. The Labute approximate surface area is 190 Å². The Morgan fingerprint density at radius 2 is 1.88 bits per heavy atom. The number of hydrogen-bond donors (Lipinski definition) is 3. The lowest BCUT2D eigenvalue weighted by atomic mass is 9.91. The summed E-state index contributed by atoms with van der Waals surface area (Å²) in [6.07, 6.45) is 2.84. The van der Waals surface area contributed by atoms with Crippen LogP contribution in [0.25, 0.3) is 28.2 Å². The average Bonchev–Trinajstić information content (AvgIpc) is 2.74. The molecule has 2 heterocycles. The van der Waals surface area contributed by atoms with E-state index in [1.165, 1.54) is 31.4 Å². The van der Waals surface area contributed by atoms with E-state index < -0.39 is 17.3 Å². The van der Waals surface area contributed by atoms with E-state index in [0.717, 1.165) is 0 Å². The van der Waals surface area contributed by atoms with Crippen molar-refractivity contribution in [2.45, 2.75) is 38.9 Å². The highest BCUT2D eigenvalue weighted by Gasteiger charge is 2.33. The molecule has 4 rings (SSSR count). The third-order valence-corrected chi connectivity index (χ3v) is 5.71. The van der Waals surface area contributed by atoms with Gasteiger partial charge < -0.3 is 29.2 Å². The van der Waals surface area contributed by atoms with E-state index in [1.807, 2.05) is 19.9 Å². The Balaban J connectivity index is 2.12. The monoisotopic (exact) mass is 450 g/mol. The van der Waals surface area contributed by atoms with Crippen molar-refractivity contribution in [1.29, 1.82) is 0 Å². The minimum atomic E-state index is -0.882. The van der Waals surface area contributed by atoms with Crippen LogP contribution in [0, 0.1) is 0 Å². The molecule has 1 unspecified atom stereocenters. The fourth-order valence-electron chi connectivity index (χ4n) is 3.95. The summed E-state index contributed by atoms with van der Waals surface area (Å²) < 4.78 is 17.6. The minimum Gasteiger partial charge on any atom is -0.508 e. The van der Waals surface area contributed by atoms with Crippen LogP contribution in [0.1, 0.15) is 31.9 Å². The molecule has 33 heavy (non-hydrogen) atoms. The molecule has 1 aliphatic heterocycles. The SMILES string of the molecule is C=C(C)C(O)Cc1c2c(c3oc(=O)c(-c4ccc(O)cc4)c(O)c3c1OC)C=CC(C)(C)O2. The number of rotatable bonds is 5. The van der Waals surface area contributed by atoms with Gasteiger partial charge in [-0.15, -0.1) is 0 Å². The molecule has 7 nitrogen and oxygen atoms in total. The molecule has 0 amide bonds. The molecule has 0 saturated heterocycles. The first-order chi connectivity index (χ1) is 15.5. The second kappa shape index (κ2) is 8.01. The third kappa shape index (κ3) is 3.85. The van der Waals surface area contributed by atoms with Crippen molar-refractivity contribution in [2.75, 3.05) is 7.11 Å². The number of hydrogen-bond acceptors (Lipinski definition) is 7.